The van der Waals surface area contributed by atoms with Crippen molar-refractivity contribution in [3.8, 4) is 0 Å². The molecule has 7 nitrogen and oxygen atoms in total. The Morgan fingerprint density at radius 2 is 2.22 bits per heavy atom. The van der Waals surface area contributed by atoms with Gasteiger partial charge in [0.1, 0.15) is 0 Å². The van der Waals surface area contributed by atoms with Crippen molar-refractivity contribution in [2.45, 2.75) is 13.0 Å². The zero-order valence-corrected chi connectivity index (χ0v) is 11.0. The van der Waals surface area contributed by atoms with Gasteiger partial charge in [0.2, 0.25) is 0 Å². The number of hydrogen-bond donors (Lipinski definition) is 3. The summed E-state index contributed by atoms with van der Waals surface area (Å²) in [6.07, 6.45) is 3.38. The predicted molar refractivity (Wildman–Crippen MR) is 69.6 cm³/mol. The summed E-state index contributed by atoms with van der Waals surface area (Å²) in [4.78, 5) is 23.0. The normalized spacial score (nSPS) is 11.7. The van der Waals surface area contributed by atoms with Crippen LogP contribution in [-0.2, 0) is 16.6 Å². The van der Waals surface area contributed by atoms with Crippen LogP contribution in [0, 0.1) is 0 Å². The SMILES string of the molecule is CC(NC(=O)C(=O)NCC(N)=S)c1cnn(C)c1. The van der Waals surface area contributed by atoms with E-state index in [-0.39, 0.29) is 17.6 Å². The summed E-state index contributed by atoms with van der Waals surface area (Å²) in [5.74, 6) is -1.50. The minimum atomic E-state index is -0.765. The zero-order valence-electron chi connectivity index (χ0n) is 10.1. The van der Waals surface area contributed by atoms with Crippen LogP contribution in [0.1, 0.15) is 18.5 Å². The molecule has 1 aromatic rings. The van der Waals surface area contributed by atoms with E-state index in [0.717, 1.165) is 5.56 Å². The number of rotatable bonds is 4. The number of carbonyl (C=O) groups excluding carboxylic acids is 2. The molecule has 1 rings (SSSR count). The van der Waals surface area contributed by atoms with Crippen molar-refractivity contribution in [3.05, 3.63) is 18.0 Å². The van der Waals surface area contributed by atoms with Crippen LogP contribution in [0.4, 0.5) is 0 Å². The molecule has 0 aliphatic heterocycles. The smallest absolute Gasteiger partial charge is 0.309 e. The van der Waals surface area contributed by atoms with E-state index in [1.807, 2.05) is 0 Å². The predicted octanol–water partition coefficient (Wildman–Crippen LogP) is -1.00. The molecule has 8 heteroatoms. The summed E-state index contributed by atoms with van der Waals surface area (Å²) < 4.78 is 1.62. The molecule has 98 valence electrons. The summed E-state index contributed by atoms with van der Waals surface area (Å²) in [6.45, 7) is 1.76. The Morgan fingerprint density at radius 1 is 1.56 bits per heavy atom. The minimum Gasteiger partial charge on any atom is -0.392 e. The molecular formula is C10H15N5O2S. The molecule has 4 N–H and O–H groups in total. The van der Waals surface area contributed by atoms with Crippen LogP contribution in [-0.4, -0.2) is 33.1 Å². The van der Waals surface area contributed by atoms with Gasteiger partial charge in [0.15, 0.2) is 0 Å². The summed E-state index contributed by atoms with van der Waals surface area (Å²) in [7, 11) is 1.77. The molecule has 1 unspecified atom stereocenters. The summed E-state index contributed by atoms with van der Waals surface area (Å²) in [5, 5.41) is 8.83. The van der Waals surface area contributed by atoms with Gasteiger partial charge in [0, 0.05) is 18.8 Å². The van der Waals surface area contributed by atoms with E-state index in [9.17, 15) is 9.59 Å². The molecule has 0 spiro atoms. The van der Waals surface area contributed by atoms with Gasteiger partial charge < -0.3 is 16.4 Å². The number of amides is 2. The monoisotopic (exact) mass is 269 g/mol. The second kappa shape index (κ2) is 6.10. The van der Waals surface area contributed by atoms with E-state index in [4.69, 9.17) is 5.73 Å². The van der Waals surface area contributed by atoms with Gasteiger partial charge in [-0.1, -0.05) is 12.2 Å². The standard InChI is InChI=1S/C10H15N5O2S/c1-6(7-3-13-15(2)5-7)14-10(17)9(16)12-4-8(11)18/h3,5-6H,4H2,1-2H3,(H2,11,18)(H,12,16)(H,14,17). The minimum absolute atomic E-state index is 0.00284. The van der Waals surface area contributed by atoms with Crippen molar-refractivity contribution >= 4 is 29.0 Å². The molecule has 1 aromatic heterocycles. The Labute approximate surface area is 110 Å². The maximum absolute atomic E-state index is 11.5. The van der Waals surface area contributed by atoms with E-state index in [1.54, 1.807) is 31.0 Å². The van der Waals surface area contributed by atoms with Crippen molar-refractivity contribution < 1.29 is 9.59 Å². The van der Waals surface area contributed by atoms with Crippen molar-refractivity contribution in [2.24, 2.45) is 12.8 Å². The van der Waals surface area contributed by atoms with Gasteiger partial charge in [0.25, 0.3) is 0 Å². The van der Waals surface area contributed by atoms with Gasteiger partial charge in [-0.25, -0.2) is 0 Å². The fourth-order valence-corrected chi connectivity index (χ4v) is 1.33. The Bertz CT molecular complexity index is 471. The average molecular weight is 269 g/mol. The summed E-state index contributed by atoms with van der Waals surface area (Å²) in [5.41, 5.74) is 6.02. The molecule has 0 aliphatic carbocycles. The van der Waals surface area contributed by atoms with E-state index in [1.165, 1.54) is 0 Å². The first-order chi connectivity index (χ1) is 8.40. The molecule has 0 fully saturated rings. The van der Waals surface area contributed by atoms with Crippen LogP contribution in [0.2, 0.25) is 0 Å². The quantitative estimate of drug-likeness (QED) is 0.480. The molecular weight excluding hydrogens is 254 g/mol. The maximum atomic E-state index is 11.5. The van der Waals surface area contributed by atoms with Crippen LogP contribution in [0.25, 0.3) is 0 Å². The lowest BCUT2D eigenvalue weighted by molar-refractivity contribution is -0.139. The van der Waals surface area contributed by atoms with Gasteiger partial charge in [0.05, 0.1) is 23.8 Å². The Balaban J connectivity index is 2.49. The second-order valence-electron chi connectivity index (χ2n) is 3.79. The third-order valence-electron chi connectivity index (χ3n) is 2.20. The lowest BCUT2D eigenvalue weighted by Crippen LogP contribution is -2.43. The third kappa shape index (κ3) is 4.13. The van der Waals surface area contributed by atoms with Gasteiger partial charge in [-0.3, -0.25) is 14.3 Å². The first-order valence-electron chi connectivity index (χ1n) is 5.25. The molecule has 18 heavy (non-hydrogen) atoms. The van der Waals surface area contributed by atoms with E-state index in [0.29, 0.717) is 0 Å². The van der Waals surface area contributed by atoms with Crippen LogP contribution < -0.4 is 16.4 Å². The van der Waals surface area contributed by atoms with Gasteiger partial charge in [-0.2, -0.15) is 5.10 Å². The number of nitrogens with zero attached hydrogens (tertiary/aromatic N) is 2. The van der Waals surface area contributed by atoms with Gasteiger partial charge >= 0.3 is 11.8 Å². The first-order valence-corrected chi connectivity index (χ1v) is 5.66. The number of thiocarbonyl (C=S) groups is 1. The van der Waals surface area contributed by atoms with Crippen LogP contribution in [0.5, 0.6) is 0 Å². The van der Waals surface area contributed by atoms with Crippen LogP contribution >= 0.6 is 12.2 Å². The number of hydrogen-bond acceptors (Lipinski definition) is 4. The third-order valence-corrected chi connectivity index (χ3v) is 2.35. The molecule has 0 bridgehead atoms. The molecule has 0 saturated heterocycles. The maximum Gasteiger partial charge on any atom is 0.309 e. The van der Waals surface area contributed by atoms with E-state index >= 15 is 0 Å². The highest BCUT2D eigenvalue weighted by Gasteiger charge is 2.17. The van der Waals surface area contributed by atoms with E-state index in [2.05, 4.69) is 28.0 Å². The lowest BCUT2D eigenvalue weighted by Gasteiger charge is -2.11. The van der Waals surface area contributed by atoms with Gasteiger partial charge in [-0.05, 0) is 6.92 Å². The van der Waals surface area contributed by atoms with Crippen molar-refractivity contribution in [1.82, 2.24) is 20.4 Å². The number of nitrogens with one attached hydrogen (secondary N) is 2. The molecule has 2 amide bonds. The second-order valence-corrected chi connectivity index (χ2v) is 4.32. The Morgan fingerprint density at radius 3 is 2.72 bits per heavy atom. The first kappa shape index (κ1) is 14.1. The fraction of sp³-hybridized carbons (Fsp3) is 0.400. The molecule has 0 aromatic carbocycles. The molecule has 0 radical (unpaired) electrons. The highest BCUT2D eigenvalue weighted by Crippen LogP contribution is 2.09. The van der Waals surface area contributed by atoms with Crippen LogP contribution in [0.3, 0.4) is 0 Å². The van der Waals surface area contributed by atoms with Gasteiger partial charge in [-0.15, -0.1) is 0 Å². The number of aromatic nitrogens is 2. The largest absolute Gasteiger partial charge is 0.392 e. The number of nitrogens with two attached hydrogens (primary N) is 1. The molecule has 0 aliphatic rings. The molecule has 1 heterocycles. The fourth-order valence-electron chi connectivity index (χ4n) is 1.26. The topological polar surface area (TPSA) is 102 Å². The van der Waals surface area contributed by atoms with Crippen LogP contribution in [0.15, 0.2) is 12.4 Å². The Hall–Kier alpha value is -1.96. The lowest BCUT2D eigenvalue weighted by atomic mass is 10.2. The van der Waals surface area contributed by atoms with Crippen molar-refractivity contribution in [2.75, 3.05) is 6.54 Å². The van der Waals surface area contributed by atoms with Crippen molar-refractivity contribution in [1.29, 1.82) is 0 Å². The highest BCUT2D eigenvalue weighted by molar-refractivity contribution is 7.80. The summed E-state index contributed by atoms with van der Waals surface area (Å²) in [6, 6.07) is -0.304. The summed E-state index contributed by atoms with van der Waals surface area (Å²) >= 11 is 4.59. The highest BCUT2D eigenvalue weighted by atomic mass is 32.1. The zero-order chi connectivity index (χ0) is 13.7. The average Bonchev–Trinajstić information content (AvgIpc) is 2.72. The van der Waals surface area contributed by atoms with E-state index < -0.39 is 11.8 Å². The molecule has 1 atom stereocenters. The number of aryl methyl sites for hydroxylation is 1. The van der Waals surface area contributed by atoms with Crippen molar-refractivity contribution in [3.63, 3.8) is 0 Å². The Kier molecular flexibility index (Phi) is 4.78. The molecule has 0 saturated carbocycles. The number of carbonyl (C=O) groups is 2.